The molecule has 8 heteroatoms. The summed E-state index contributed by atoms with van der Waals surface area (Å²) < 4.78 is 3.79. The molecule has 0 saturated carbocycles. The maximum Gasteiger partial charge on any atom is 0.188 e. The van der Waals surface area contributed by atoms with Crippen LogP contribution in [0.5, 0.6) is 0 Å². The molecule has 142 valence electrons. The molecule has 0 aliphatic rings. The molecule has 0 atom stereocenters. The van der Waals surface area contributed by atoms with Crippen LogP contribution in [0.2, 0.25) is 10.0 Å². The fourth-order valence-corrected chi connectivity index (χ4v) is 3.62. The highest BCUT2D eigenvalue weighted by Crippen LogP contribution is 2.37. The van der Waals surface area contributed by atoms with Gasteiger partial charge in [-0.2, -0.15) is 0 Å². The first-order valence-corrected chi connectivity index (χ1v) is 9.63. The van der Waals surface area contributed by atoms with Crippen LogP contribution in [0.4, 0.5) is 0 Å². The topological polar surface area (TPSA) is 60.9 Å². The smallest absolute Gasteiger partial charge is 0.188 e. The van der Waals surface area contributed by atoms with Gasteiger partial charge in [0.15, 0.2) is 5.82 Å². The number of rotatable bonds is 3. The monoisotopic (exact) mass is 420 g/mol. The van der Waals surface area contributed by atoms with E-state index >= 15 is 0 Å². The normalized spacial score (nSPS) is 11.3. The van der Waals surface area contributed by atoms with Crippen molar-refractivity contribution in [2.45, 2.75) is 6.92 Å². The molecular weight excluding hydrogens is 407 g/mol. The molecule has 5 rings (SSSR count). The van der Waals surface area contributed by atoms with Crippen molar-refractivity contribution < 1.29 is 0 Å². The molecule has 5 aromatic rings. The highest BCUT2D eigenvalue weighted by atomic mass is 35.5. The molecule has 1 aromatic carbocycles. The van der Waals surface area contributed by atoms with E-state index in [0.29, 0.717) is 27.4 Å². The van der Waals surface area contributed by atoms with Crippen LogP contribution in [-0.2, 0) is 0 Å². The predicted molar refractivity (Wildman–Crippen MR) is 114 cm³/mol. The van der Waals surface area contributed by atoms with Crippen molar-refractivity contribution >= 4 is 28.8 Å². The van der Waals surface area contributed by atoms with E-state index in [1.165, 1.54) is 0 Å². The Labute approximate surface area is 176 Å². The molecule has 0 amide bonds. The quantitative estimate of drug-likeness (QED) is 0.399. The Kier molecular flexibility index (Phi) is 4.30. The van der Waals surface area contributed by atoms with E-state index in [1.54, 1.807) is 24.5 Å². The van der Waals surface area contributed by atoms with Crippen LogP contribution >= 0.6 is 23.2 Å². The van der Waals surface area contributed by atoms with Gasteiger partial charge in [-0.3, -0.25) is 8.97 Å². The van der Waals surface area contributed by atoms with E-state index in [4.69, 9.17) is 28.2 Å². The Morgan fingerprint density at radius 2 is 1.90 bits per heavy atom. The van der Waals surface area contributed by atoms with E-state index in [2.05, 4.69) is 15.2 Å². The second kappa shape index (κ2) is 6.99. The number of benzene rings is 1. The van der Waals surface area contributed by atoms with E-state index in [1.807, 2.05) is 58.6 Å². The molecule has 0 aliphatic carbocycles. The van der Waals surface area contributed by atoms with Gasteiger partial charge >= 0.3 is 0 Å². The Morgan fingerprint density at radius 3 is 2.72 bits per heavy atom. The van der Waals surface area contributed by atoms with Gasteiger partial charge in [0, 0.05) is 23.0 Å². The molecule has 0 fully saturated rings. The van der Waals surface area contributed by atoms with Gasteiger partial charge in [0.1, 0.15) is 29.2 Å². The zero-order valence-electron chi connectivity index (χ0n) is 15.3. The minimum atomic E-state index is 0.554. The highest BCUT2D eigenvalue weighted by Gasteiger charge is 2.23. The van der Waals surface area contributed by atoms with Crippen molar-refractivity contribution in [2.75, 3.05) is 0 Å². The van der Waals surface area contributed by atoms with Gasteiger partial charge < -0.3 is 0 Å². The molecule has 0 N–H and O–H groups in total. The van der Waals surface area contributed by atoms with Crippen molar-refractivity contribution in [3.8, 4) is 28.6 Å². The first kappa shape index (κ1) is 17.8. The van der Waals surface area contributed by atoms with Crippen LogP contribution < -0.4 is 0 Å². The number of halogens is 2. The third kappa shape index (κ3) is 3.06. The molecule has 0 saturated heterocycles. The number of aromatic nitrogens is 6. The second-order valence-corrected chi connectivity index (χ2v) is 7.42. The van der Waals surface area contributed by atoms with Crippen molar-refractivity contribution in [1.29, 1.82) is 0 Å². The number of pyridine rings is 2. The predicted octanol–water partition coefficient (Wildman–Crippen LogP) is 5.26. The number of aryl methyl sites for hydroxylation is 1. The second-order valence-electron chi connectivity index (χ2n) is 6.58. The number of hydrogen-bond acceptors (Lipinski definition) is 4. The molecule has 0 unspecified atom stereocenters. The molecule has 0 bridgehead atoms. The first-order chi connectivity index (χ1) is 14.1. The summed E-state index contributed by atoms with van der Waals surface area (Å²) >= 11 is 12.8. The van der Waals surface area contributed by atoms with Gasteiger partial charge in [-0.05, 0) is 48.9 Å². The highest BCUT2D eigenvalue weighted by molar-refractivity contribution is 6.35. The third-order valence-electron chi connectivity index (χ3n) is 4.62. The van der Waals surface area contributed by atoms with E-state index in [-0.39, 0.29) is 0 Å². The lowest BCUT2D eigenvalue weighted by Gasteiger charge is -2.09. The van der Waals surface area contributed by atoms with Gasteiger partial charge in [0.05, 0.1) is 5.02 Å². The SMILES string of the molecule is Cc1ccc(-n2cnnc2-c2c(-c3cc(Cl)ccc3Cl)nc3ccccn23)nc1. The van der Waals surface area contributed by atoms with Gasteiger partial charge in [0.2, 0.25) is 0 Å². The summed E-state index contributed by atoms with van der Waals surface area (Å²) in [6.07, 6.45) is 5.38. The maximum absolute atomic E-state index is 6.50. The van der Waals surface area contributed by atoms with Gasteiger partial charge in [-0.15, -0.1) is 10.2 Å². The molecule has 0 aliphatic heterocycles. The summed E-state index contributed by atoms with van der Waals surface area (Å²) in [5.74, 6) is 1.32. The third-order valence-corrected chi connectivity index (χ3v) is 5.18. The molecular formula is C21H14Cl2N6. The summed E-state index contributed by atoms with van der Waals surface area (Å²) in [5, 5.41) is 9.65. The standard InChI is InChI=1S/C21H14Cl2N6/c1-13-5-8-17(24-11-13)29-12-25-27-21(29)20-19(15-10-14(22)6-7-16(15)23)26-18-4-2-3-9-28(18)20/h2-12H,1H3. The van der Waals surface area contributed by atoms with Crippen LogP contribution in [-0.4, -0.2) is 29.1 Å². The summed E-state index contributed by atoms with van der Waals surface area (Å²) in [5.41, 5.74) is 3.99. The minimum Gasteiger partial charge on any atom is -0.296 e. The maximum atomic E-state index is 6.50. The van der Waals surface area contributed by atoms with Crippen LogP contribution in [0, 0.1) is 6.92 Å². The molecule has 29 heavy (non-hydrogen) atoms. The summed E-state index contributed by atoms with van der Waals surface area (Å²) in [6.45, 7) is 1.99. The number of nitrogens with zero attached hydrogens (tertiary/aromatic N) is 6. The Bertz CT molecular complexity index is 1340. The van der Waals surface area contributed by atoms with Crippen molar-refractivity contribution in [2.24, 2.45) is 0 Å². The Morgan fingerprint density at radius 1 is 1.00 bits per heavy atom. The Hall–Kier alpha value is -3.22. The number of fused-ring (bicyclic) bond motifs is 1. The van der Waals surface area contributed by atoms with Crippen LogP contribution in [0.25, 0.3) is 34.2 Å². The zero-order valence-corrected chi connectivity index (χ0v) is 16.8. The van der Waals surface area contributed by atoms with Crippen LogP contribution in [0.3, 0.4) is 0 Å². The molecule has 0 spiro atoms. The molecule has 4 heterocycles. The van der Waals surface area contributed by atoms with E-state index in [0.717, 1.165) is 22.5 Å². The van der Waals surface area contributed by atoms with E-state index < -0.39 is 0 Å². The summed E-state index contributed by atoms with van der Waals surface area (Å²) in [6, 6.07) is 15.0. The summed E-state index contributed by atoms with van der Waals surface area (Å²) in [4.78, 5) is 9.32. The lowest BCUT2D eigenvalue weighted by molar-refractivity contribution is 0.982. The average molecular weight is 421 g/mol. The van der Waals surface area contributed by atoms with Gasteiger partial charge in [-0.25, -0.2) is 9.97 Å². The average Bonchev–Trinajstić information content (AvgIpc) is 3.34. The fraction of sp³-hybridized carbons (Fsp3) is 0.0476. The molecule has 6 nitrogen and oxygen atoms in total. The first-order valence-electron chi connectivity index (χ1n) is 8.88. The largest absolute Gasteiger partial charge is 0.296 e. The van der Waals surface area contributed by atoms with E-state index in [9.17, 15) is 0 Å². The molecule has 4 aromatic heterocycles. The van der Waals surface area contributed by atoms with Crippen molar-refractivity contribution in [1.82, 2.24) is 29.1 Å². The molecule has 0 radical (unpaired) electrons. The van der Waals surface area contributed by atoms with Crippen LogP contribution in [0.15, 0.2) is 67.3 Å². The summed E-state index contributed by atoms with van der Waals surface area (Å²) in [7, 11) is 0. The minimum absolute atomic E-state index is 0.554. The van der Waals surface area contributed by atoms with Crippen molar-refractivity contribution in [3.05, 3.63) is 82.9 Å². The van der Waals surface area contributed by atoms with Gasteiger partial charge in [0.25, 0.3) is 0 Å². The lowest BCUT2D eigenvalue weighted by Crippen LogP contribution is -2.02. The zero-order chi connectivity index (χ0) is 20.0. The van der Waals surface area contributed by atoms with Crippen molar-refractivity contribution in [3.63, 3.8) is 0 Å². The number of hydrogen-bond donors (Lipinski definition) is 0. The van der Waals surface area contributed by atoms with Crippen LogP contribution in [0.1, 0.15) is 5.56 Å². The Balaban J connectivity index is 1.82. The number of imidazole rings is 1. The van der Waals surface area contributed by atoms with Gasteiger partial charge in [-0.1, -0.05) is 35.3 Å². The lowest BCUT2D eigenvalue weighted by atomic mass is 10.1. The fourth-order valence-electron chi connectivity index (χ4n) is 3.24.